The third kappa shape index (κ3) is 4.78. The number of hydrazone groups is 1. The van der Waals surface area contributed by atoms with Gasteiger partial charge in [-0.05, 0) is 58.7 Å². The molecule has 10 heteroatoms. The Bertz CT molecular complexity index is 1570. The lowest BCUT2D eigenvalue weighted by atomic mass is 10.2. The number of hydrogen-bond acceptors (Lipinski definition) is 7. The van der Waals surface area contributed by atoms with Gasteiger partial charge in [-0.3, -0.25) is 0 Å². The molecule has 3 aromatic carbocycles. The molecule has 0 aliphatic rings. The molecule has 2 N–H and O–H groups in total. The van der Waals surface area contributed by atoms with E-state index in [2.05, 4.69) is 46.6 Å². The van der Waals surface area contributed by atoms with Gasteiger partial charge in [0, 0.05) is 16.5 Å². The molecule has 0 saturated carbocycles. The van der Waals surface area contributed by atoms with Gasteiger partial charge in [0.05, 0.1) is 17.8 Å². The van der Waals surface area contributed by atoms with Gasteiger partial charge in [-0.1, -0.05) is 29.8 Å². The van der Waals surface area contributed by atoms with E-state index in [4.69, 9.17) is 9.47 Å². The summed E-state index contributed by atoms with van der Waals surface area (Å²) in [6.45, 7) is 2.09. The minimum Gasteiger partial charge on any atom is -0.493 e. The van der Waals surface area contributed by atoms with Gasteiger partial charge in [-0.25, -0.2) is 9.82 Å². The van der Waals surface area contributed by atoms with Crippen LogP contribution in [0.15, 0.2) is 64.2 Å². The predicted octanol–water partition coefficient (Wildman–Crippen LogP) is 5.75. The van der Waals surface area contributed by atoms with Crippen molar-refractivity contribution in [2.45, 2.75) is 13.5 Å². The van der Waals surface area contributed by atoms with Crippen LogP contribution in [-0.4, -0.2) is 33.5 Å². The quantitative estimate of drug-likeness (QED) is 0.204. The van der Waals surface area contributed by atoms with Crippen LogP contribution in [0.25, 0.3) is 22.1 Å². The molecule has 0 unspecified atom stereocenters. The molecule has 2 aromatic heterocycles. The van der Waals surface area contributed by atoms with E-state index in [1.807, 2.05) is 31.2 Å². The lowest BCUT2D eigenvalue weighted by molar-refractivity contribution is 0.278. The van der Waals surface area contributed by atoms with Crippen molar-refractivity contribution in [1.29, 1.82) is 0 Å². The SMILES string of the molecule is COc1cc(/C=N/Nc2nnc3c(n2)[nH]c2ccc(C)cc23)cc(Br)c1OCc1ccccc1F. The summed E-state index contributed by atoms with van der Waals surface area (Å²) >= 11 is 3.50. The summed E-state index contributed by atoms with van der Waals surface area (Å²) in [5, 5.41) is 13.6. The first-order valence-corrected chi connectivity index (χ1v) is 11.5. The summed E-state index contributed by atoms with van der Waals surface area (Å²) in [6.07, 6.45) is 1.59. The number of benzene rings is 3. The van der Waals surface area contributed by atoms with Crippen molar-refractivity contribution in [2.75, 3.05) is 12.5 Å². The van der Waals surface area contributed by atoms with E-state index in [-0.39, 0.29) is 18.4 Å². The van der Waals surface area contributed by atoms with Crippen molar-refractivity contribution >= 4 is 50.2 Å². The molecular weight excluding hydrogens is 515 g/mol. The summed E-state index contributed by atoms with van der Waals surface area (Å²) in [5.74, 6) is 0.875. The lowest BCUT2D eigenvalue weighted by Crippen LogP contribution is -2.02. The molecule has 35 heavy (non-hydrogen) atoms. The minimum absolute atomic E-state index is 0.0662. The molecular formula is C25H20BrFN6O2. The van der Waals surface area contributed by atoms with Crippen molar-refractivity contribution in [2.24, 2.45) is 5.10 Å². The largest absolute Gasteiger partial charge is 0.493 e. The average molecular weight is 535 g/mol. The fourth-order valence-electron chi connectivity index (χ4n) is 3.62. The van der Waals surface area contributed by atoms with E-state index in [1.54, 1.807) is 30.5 Å². The van der Waals surface area contributed by atoms with E-state index in [9.17, 15) is 4.39 Å². The zero-order chi connectivity index (χ0) is 24.4. The first-order valence-electron chi connectivity index (χ1n) is 10.7. The highest BCUT2D eigenvalue weighted by molar-refractivity contribution is 9.10. The topological polar surface area (TPSA) is 97.3 Å². The van der Waals surface area contributed by atoms with Gasteiger partial charge in [0.2, 0.25) is 0 Å². The summed E-state index contributed by atoms with van der Waals surface area (Å²) < 4.78 is 25.8. The van der Waals surface area contributed by atoms with Crippen LogP contribution in [0, 0.1) is 12.7 Å². The molecule has 0 saturated heterocycles. The lowest BCUT2D eigenvalue weighted by Gasteiger charge is -2.14. The first kappa shape index (κ1) is 22.7. The number of halogens is 2. The molecule has 176 valence electrons. The molecule has 8 nitrogen and oxygen atoms in total. The molecule has 0 bridgehead atoms. The van der Waals surface area contributed by atoms with E-state index < -0.39 is 0 Å². The van der Waals surface area contributed by atoms with Crippen LogP contribution in [0.1, 0.15) is 16.7 Å². The van der Waals surface area contributed by atoms with E-state index in [1.165, 1.54) is 13.2 Å². The van der Waals surface area contributed by atoms with Gasteiger partial charge in [0.15, 0.2) is 17.1 Å². The minimum atomic E-state index is -0.324. The van der Waals surface area contributed by atoms with Crippen molar-refractivity contribution < 1.29 is 13.9 Å². The fourth-order valence-corrected chi connectivity index (χ4v) is 4.19. The Hall–Kier alpha value is -4.05. The Morgan fingerprint density at radius 3 is 2.83 bits per heavy atom. The highest BCUT2D eigenvalue weighted by Crippen LogP contribution is 2.37. The van der Waals surface area contributed by atoms with Crippen LogP contribution >= 0.6 is 15.9 Å². The maximum atomic E-state index is 13.9. The molecule has 0 fully saturated rings. The number of hydrogen-bond donors (Lipinski definition) is 2. The summed E-state index contributed by atoms with van der Waals surface area (Å²) in [5.41, 5.74) is 7.40. The fraction of sp³-hybridized carbons (Fsp3) is 0.120. The van der Waals surface area contributed by atoms with Gasteiger partial charge in [0.1, 0.15) is 17.9 Å². The monoisotopic (exact) mass is 534 g/mol. The number of nitrogens with zero attached hydrogens (tertiary/aromatic N) is 4. The number of nitrogens with one attached hydrogen (secondary N) is 2. The number of anilines is 1. The van der Waals surface area contributed by atoms with Gasteiger partial charge in [0.25, 0.3) is 5.95 Å². The molecule has 0 radical (unpaired) electrons. The highest BCUT2D eigenvalue weighted by Gasteiger charge is 2.13. The van der Waals surface area contributed by atoms with E-state index >= 15 is 0 Å². The number of aryl methyl sites for hydroxylation is 1. The molecule has 0 spiro atoms. The number of methoxy groups -OCH3 is 1. The Morgan fingerprint density at radius 1 is 1.14 bits per heavy atom. The predicted molar refractivity (Wildman–Crippen MR) is 137 cm³/mol. The smallest absolute Gasteiger partial charge is 0.265 e. The maximum Gasteiger partial charge on any atom is 0.265 e. The Labute approximate surface area is 208 Å². The zero-order valence-corrected chi connectivity index (χ0v) is 20.4. The van der Waals surface area contributed by atoms with E-state index in [0.29, 0.717) is 32.7 Å². The van der Waals surface area contributed by atoms with Gasteiger partial charge >= 0.3 is 0 Å². The Kier molecular flexibility index (Phi) is 6.28. The van der Waals surface area contributed by atoms with Gasteiger partial charge in [-0.2, -0.15) is 10.1 Å². The third-order valence-corrected chi connectivity index (χ3v) is 5.92. The van der Waals surface area contributed by atoms with Crippen molar-refractivity contribution in [3.05, 3.63) is 81.6 Å². The Morgan fingerprint density at radius 2 is 2.00 bits per heavy atom. The highest BCUT2D eigenvalue weighted by atomic mass is 79.9. The second-order valence-electron chi connectivity index (χ2n) is 7.79. The van der Waals surface area contributed by atoms with Gasteiger partial charge < -0.3 is 14.5 Å². The molecule has 0 atom stereocenters. The number of H-pyrrole nitrogens is 1. The number of aromatic amines is 1. The normalized spacial score (nSPS) is 11.4. The van der Waals surface area contributed by atoms with Gasteiger partial charge in [-0.15, -0.1) is 10.2 Å². The molecule has 5 rings (SSSR count). The van der Waals surface area contributed by atoms with Crippen LogP contribution in [-0.2, 0) is 6.61 Å². The Balaban J connectivity index is 1.32. The molecule has 5 aromatic rings. The summed E-state index contributed by atoms with van der Waals surface area (Å²) in [6, 6.07) is 16.1. The summed E-state index contributed by atoms with van der Waals surface area (Å²) in [7, 11) is 1.54. The first-order chi connectivity index (χ1) is 17.0. The maximum absolute atomic E-state index is 13.9. The second-order valence-corrected chi connectivity index (χ2v) is 8.65. The molecule has 0 aliphatic heterocycles. The standard InChI is InChI=1S/C25H20BrFN6O2/c1-14-7-8-20-17(9-14)22-24(29-20)30-25(33-31-22)32-28-12-15-10-18(26)23(21(11-15)34-2)35-13-16-5-3-4-6-19(16)27/h3-12H,13H2,1-2H3,(H2,29,30,32,33)/b28-12+. The van der Waals surface area contributed by atoms with Crippen LogP contribution in [0.5, 0.6) is 11.5 Å². The van der Waals surface area contributed by atoms with Crippen LogP contribution in [0.2, 0.25) is 0 Å². The van der Waals surface area contributed by atoms with Crippen LogP contribution in [0.3, 0.4) is 0 Å². The molecule has 2 heterocycles. The number of rotatable bonds is 7. The van der Waals surface area contributed by atoms with E-state index in [0.717, 1.165) is 22.0 Å². The van der Waals surface area contributed by atoms with Crippen molar-refractivity contribution in [3.8, 4) is 11.5 Å². The summed E-state index contributed by atoms with van der Waals surface area (Å²) in [4.78, 5) is 7.70. The average Bonchev–Trinajstić information content (AvgIpc) is 3.21. The second kappa shape index (κ2) is 9.67. The van der Waals surface area contributed by atoms with Crippen molar-refractivity contribution in [1.82, 2.24) is 20.2 Å². The zero-order valence-electron chi connectivity index (χ0n) is 18.8. The number of fused-ring (bicyclic) bond motifs is 3. The molecule has 0 aliphatic carbocycles. The number of ether oxygens (including phenoxy) is 2. The number of aromatic nitrogens is 4. The third-order valence-electron chi connectivity index (χ3n) is 5.33. The van der Waals surface area contributed by atoms with Crippen LogP contribution < -0.4 is 14.9 Å². The molecule has 0 amide bonds. The van der Waals surface area contributed by atoms with Crippen LogP contribution in [0.4, 0.5) is 10.3 Å². The van der Waals surface area contributed by atoms with Crippen molar-refractivity contribution in [3.63, 3.8) is 0 Å².